The summed E-state index contributed by atoms with van der Waals surface area (Å²) in [5.74, 6) is -1.17. The van der Waals surface area contributed by atoms with Crippen LogP contribution in [0.1, 0.15) is 32.3 Å². The molecular weight excluding hydrogens is 557 g/mol. The van der Waals surface area contributed by atoms with Crippen molar-refractivity contribution < 1.29 is 27.1 Å². The Kier molecular flexibility index (Phi) is 10.9. The highest BCUT2D eigenvalue weighted by Crippen LogP contribution is 2.28. The van der Waals surface area contributed by atoms with E-state index in [0.29, 0.717) is 17.9 Å². The van der Waals surface area contributed by atoms with Gasteiger partial charge in [0.15, 0.2) is 0 Å². The molecule has 3 aromatic carbocycles. The Balaban J connectivity index is 2.02. The summed E-state index contributed by atoms with van der Waals surface area (Å²) >= 11 is 5.98. The minimum atomic E-state index is -4.28. The number of hydrogen-bond acceptors (Lipinski definition) is 5. The normalized spacial score (nSPS) is 11.9. The van der Waals surface area contributed by atoms with Crippen molar-refractivity contribution in [3.63, 3.8) is 0 Å². The Bertz CT molecular complexity index is 1420. The molecule has 0 bridgehead atoms. The van der Waals surface area contributed by atoms with Crippen molar-refractivity contribution in [1.29, 1.82) is 0 Å². The van der Waals surface area contributed by atoms with E-state index >= 15 is 0 Å². The maximum absolute atomic E-state index is 14.0. The fourth-order valence-electron chi connectivity index (χ4n) is 3.97. The first-order chi connectivity index (χ1) is 19.1. The Labute approximate surface area is 239 Å². The second-order valence-electron chi connectivity index (χ2n) is 9.12. The number of benzene rings is 3. The van der Waals surface area contributed by atoms with E-state index < -0.39 is 34.3 Å². The number of halogens is 2. The molecule has 0 aliphatic carbocycles. The quantitative estimate of drug-likeness (QED) is 0.283. The lowest BCUT2D eigenvalue weighted by Gasteiger charge is -2.32. The molecule has 1 N–H and O–H groups in total. The number of unbranched alkanes of at least 4 members (excludes halogenated alkanes) is 1. The lowest BCUT2D eigenvalue weighted by Crippen LogP contribution is -2.51. The van der Waals surface area contributed by atoms with Gasteiger partial charge in [-0.25, -0.2) is 12.8 Å². The van der Waals surface area contributed by atoms with Crippen LogP contribution in [0.2, 0.25) is 5.02 Å². The van der Waals surface area contributed by atoms with Crippen LogP contribution >= 0.6 is 11.6 Å². The molecule has 3 rings (SSSR count). The minimum absolute atomic E-state index is 0.00461. The Hall–Kier alpha value is -3.63. The van der Waals surface area contributed by atoms with Crippen LogP contribution in [0, 0.1) is 5.82 Å². The molecule has 8 nitrogen and oxygen atoms in total. The van der Waals surface area contributed by atoms with Crippen LogP contribution in [0.15, 0.2) is 77.7 Å². The second-order valence-corrected chi connectivity index (χ2v) is 11.4. The van der Waals surface area contributed by atoms with Gasteiger partial charge in [0.05, 0.1) is 22.7 Å². The summed E-state index contributed by atoms with van der Waals surface area (Å²) in [4.78, 5) is 28.2. The third-order valence-electron chi connectivity index (χ3n) is 6.29. The molecule has 0 radical (unpaired) electrons. The van der Waals surface area contributed by atoms with Gasteiger partial charge in [0, 0.05) is 13.1 Å². The van der Waals surface area contributed by atoms with Gasteiger partial charge in [-0.1, -0.05) is 55.3 Å². The number of rotatable bonds is 13. The summed E-state index contributed by atoms with van der Waals surface area (Å²) in [6, 6.07) is 17.1. The number of methoxy groups -OCH3 is 1. The molecule has 0 spiro atoms. The molecule has 0 aliphatic heterocycles. The van der Waals surface area contributed by atoms with Crippen LogP contribution in [-0.4, -0.2) is 51.4 Å². The van der Waals surface area contributed by atoms with Crippen LogP contribution in [-0.2, 0) is 26.2 Å². The predicted octanol–water partition coefficient (Wildman–Crippen LogP) is 5.02. The van der Waals surface area contributed by atoms with Crippen LogP contribution in [0.25, 0.3) is 0 Å². The molecule has 1 atom stereocenters. The lowest BCUT2D eigenvalue weighted by molar-refractivity contribution is -0.139. The average Bonchev–Trinajstić information content (AvgIpc) is 2.96. The SMILES string of the molecule is CCCCNC(=O)C(C)N(Cc1cccc(OC)c1)C(=O)CN(c1ccc(F)c(Cl)c1)S(=O)(=O)c1ccccc1. The summed E-state index contributed by atoms with van der Waals surface area (Å²) in [6.45, 7) is 3.39. The van der Waals surface area contributed by atoms with E-state index in [0.717, 1.165) is 29.3 Å². The number of nitrogens with one attached hydrogen (secondary N) is 1. The fourth-order valence-corrected chi connectivity index (χ4v) is 5.58. The molecule has 0 aromatic heterocycles. The molecule has 0 fully saturated rings. The van der Waals surface area contributed by atoms with Crippen LogP contribution in [0.5, 0.6) is 5.75 Å². The number of anilines is 1. The highest BCUT2D eigenvalue weighted by Gasteiger charge is 2.32. The Morgan fingerprint density at radius 2 is 1.77 bits per heavy atom. The molecule has 0 saturated carbocycles. The number of nitrogens with zero attached hydrogens (tertiary/aromatic N) is 2. The van der Waals surface area contributed by atoms with E-state index in [-0.39, 0.29) is 28.1 Å². The molecule has 214 valence electrons. The van der Waals surface area contributed by atoms with E-state index in [2.05, 4.69) is 5.32 Å². The summed E-state index contributed by atoms with van der Waals surface area (Å²) < 4.78 is 47.6. The van der Waals surface area contributed by atoms with Crippen molar-refractivity contribution in [2.24, 2.45) is 0 Å². The Morgan fingerprint density at radius 1 is 1.05 bits per heavy atom. The van der Waals surface area contributed by atoms with Crippen molar-refractivity contribution in [2.45, 2.75) is 44.2 Å². The van der Waals surface area contributed by atoms with E-state index in [1.54, 1.807) is 49.4 Å². The van der Waals surface area contributed by atoms with E-state index in [1.807, 2.05) is 6.92 Å². The first kappa shape index (κ1) is 30.9. The first-order valence-electron chi connectivity index (χ1n) is 12.8. The van der Waals surface area contributed by atoms with Crippen LogP contribution in [0.3, 0.4) is 0 Å². The van der Waals surface area contributed by atoms with Gasteiger partial charge in [-0.05, 0) is 61.4 Å². The van der Waals surface area contributed by atoms with Crippen molar-refractivity contribution in [3.8, 4) is 5.75 Å². The fraction of sp³-hybridized carbons (Fsp3) is 0.310. The summed E-state index contributed by atoms with van der Waals surface area (Å²) in [6.07, 6.45) is 1.66. The van der Waals surface area contributed by atoms with Crippen LogP contribution < -0.4 is 14.4 Å². The van der Waals surface area contributed by atoms with E-state index in [9.17, 15) is 22.4 Å². The van der Waals surface area contributed by atoms with Gasteiger partial charge in [-0.15, -0.1) is 0 Å². The maximum atomic E-state index is 14.0. The minimum Gasteiger partial charge on any atom is -0.497 e. The summed E-state index contributed by atoms with van der Waals surface area (Å²) in [5.41, 5.74) is 0.688. The zero-order chi connectivity index (χ0) is 29.3. The van der Waals surface area contributed by atoms with Gasteiger partial charge in [0.25, 0.3) is 10.0 Å². The summed E-state index contributed by atoms with van der Waals surface area (Å²) in [5, 5.41) is 2.54. The van der Waals surface area contributed by atoms with Gasteiger partial charge in [0.1, 0.15) is 24.2 Å². The number of ether oxygens (including phenoxy) is 1. The molecule has 0 heterocycles. The standard InChI is InChI=1S/C29H33ClFN3O5S/c1-4-5-16-32-29(36)21(2)33(19-22-10-9-11-24(17-22)39-3)28(35)20-34(23-14-15-27(31)26(30)18-23)40(37,38)25-12-7-6-8-13-25/h6-15,17-18,21H,4-5,16,19-20H2,1-3H3,(H,32,36). The number of sulfonamides is 1. The predicted molar refractivity (Wildman–Crippen MR) is 153 cm³/mol. The molecule has 1 unspecified atom stereocenters. The summed E-state index contributed by atoms with van der Waals surface area (Å²) in [7, 11) is -2.76. The highest BCUT2D eigenvalue weighted by atomic mass is 35.5. The second kappa shape index (κ2) is 14.1. The number of carbonyl (C=O) groups excluding carboxylic acids is 2. The molecule has 3 aromatic rings. The zero-order valence-corrected chi connectivity index (χ0v) is 24.2. The van der Waals surface area contributed by atoms with Crippen molar-refractivity contribution in [2.75, 3.05) is 24.5 Å². The van der Waals surface area contributed by atoms with Crippen molar-refractivity contribution in [3.05, 3.63) is 89.2 Å². The van der Waals surface area contributed by atoms with E-state index in [4.69, 9.17) is 16.3 Å². The smallest absolute Gasteiger partial charge is 0.264 e. The molecule has 0 aliphatic rings. The zero-order valence-electron chi connectivity index (χ0n) is 22.6. The van der Waals surface area contributed by atoms with Crippen molar-refractivity contribution >= 4 is 39.1 Å². The monoisotopic (exact) mass is 589 g/mol. The van der Waals surface area contributed by atoms with Crippen molar-refractivity contribution in [1.82, 2.24) is 10.2 Å². The van der Waals surface area contributed by atoms with Gasteiger partial charge < -0.3 is 15.0 Å². The topological polar surface area (TPSA) is 96.0 Å². The highest BCUT2D eigenvalue weighted by molar-refractivity contribution is 7.92. The van der Waals surface area contributed by atoms with Crippen LogP contribution in [0.4, 0.5) is 10.1 Å². The third-order valence-corrected chi connectivity index (χ3v) is 8.36. The molecule has 2 amide bonds. The largest absolute Gasteiger partial charge is 0.497 e. The first-order valence-corrected chi connectivity index (χ1v) is 14.6. The molecule has 11 heteroatoms. The number of hydrogen-bond donors (Lipinski definition) is 1. The average molecular weight is 590 g/mol. The maximum Gasteiger partial charge on any atom is 0.264 e. The molecular formula is C29H33ClFN3O5S. The van der Waals surface area contributed by atoms with Gasteiger partial charge in [-0.2, -0.15) is 0 Å². The lowest BCUT2D eigenvalue weighted by atomic mass is 10.1. The van der Waals surface area contributed by atoms with Gasteiger partial charge in [0.2, 0.25) is 11.8 Å². The molecule has 0 saturated heterocycles. The number of carbonyl (C=O) groups is 2. The molecule has 40 heavy (non-hydrogen) atoms. The Morgan fingerprint density at radius 3 is 2.42 bits per heavy atom. The van der Waals surface area contributed by atoms with Gasteiger partial charge >= 0.3 is 0 Å². The third kappa shape index (κ3) is 7.73. The van der Waals surface area contributed by atoms with E-state index in [1.165, 1.54) is 30.2 Å². The van der Waals surface area contributed by atoms with Gasteiger partial charge in [-0.3, -0.25) is 13.9 Å². The number of amides is 2.